The second kappa shape index (κ2) is 6.12. The maximum Gasteiger partial charge on any atom is 0.253 e. The zero-order valence-electron chi connectivity index (χ0n) is 12.4. The minimum Gasteiger partial charge on any atom is -0.370 e. The van der Waals surface area contributed by atoms with Gasteiger partial charge in [0.05, 0.1) is 5.56 Å². The summed E-state index contributed by atoms with van der Waals surface area (Å²) in [4.78, 5) is 16.9. The van der Waals surface area contributed by atoms with Gasteiger partial charge in [-0.25, -0.2) is 4.98 Å². The first-order chi connectivity index (χ1) is 10.3. The molecule has 0 aliphatic heterocycles. The average Bonchev–Trinajstić information content (AvgIpc) is 3.00. The van der Waals surface area contributed by atoms with Gasteiger partial charge in [0.1, 0.15) is 5.82 Å². The Bertz CT molecular complexity index is 648. The van der Waals surface area contributed by atoms with Crippen molar-refractivity contribution in [2.45, 2.75) is 38.6 Å². The lowest BCUT2D eigenvalue weighted by Gasteiger charge is -2.14. The van der Waals surface area contributed by atoms with Crippen molar-refractivity contribution in [1.29, 1.82) is 0 Å². The maximum absolute atomic E-state index is 12.5. The Balaban J connectivity index is 1.94. The predicted molar refractivity (Wildman–Crippen MR) is 85.6 cm³/mol. The van der Waals surface area contributed by atoms with Gasteiger partial charge in [-0.2, -0.15) is 0 Å². The van der Waals surface area contributed by atoms with E-state index in [1.807, 2.05) is 31.2 Å². The van der Waals surface area contributed by atoms with Crippen molar-refractivity contribution in [3.05, 3.63) is 36.0 Å². The molecule has 21 heavy (non-hydrogen) atoms. The Morgan fingerprint density at radius 3 is 2.67 bits per heavy atom. The van der Waals surface area contributed by atoms with E-state index < -0.39 is 0 Å². The van der Waals surface area contributed by atoms with Gasteiger partial charge in [0.2, 0.25) is 0 Å². The molecule has 1 fully saturated rings. The van der Waals surface area contributed by atoms with Crippen LogP contribution in [0.2, 0.25) is 0 Å². The van der Waals surface area contributed by atoms with Crippen LogP contribution in [0.3, 0.4) is 0 Å². The molecule has 0 atom stereocenters. The third-order valence-electron chi connectivity index (χ3n) is 4.07. The summed E-state index contributed by atoms with van der Waals surface area (Å²) in [7, 11) is 0. The molecule has 0 unspecified atom stereocenters. The number of pyridine rings is 1. The fourth-order valence-electron chi connectivity index (χ4n) is 3.02. The van der Waals surface area contributed by atoms with E-state index in [1.54, 1.807) is 6.20 Å². The van der Waals surface area contributed by atoms with E-state index >= 15 is 0 Å². The molecular weight excluding hydrogens is 262 g/mol. The molecule has 0 bridgehead atoms. The van der Waals surface area contributed by atoms with E-state index in [-0.39, 0.29) is 5.91 Å². The SMILES string of the molecule is CCNc1ncc(C(=O)NC2CCCC2)c2ccccc12. The van der Waals surface area contributed by atoms with Crippen LogP contribution in [0.25, 0.3) is 10.8 Å². The van der Waals surface area contributed by atoms with Crippen LogP contribution in [0.4, 0.5) is 5.82 Å². The molecule has 4 heteroatoms. The molecule has 2 aromatic rings. The molecular formula is C17H21N3O. The van der Waals surface area contributed by atoms with Crippen LogP contribution in [0, 0.1) is 0 Å². The van der Waals surface area contributed by atoms with Gasteiger partial charge in [0, 0.05) is 24.2 Å². The minimum absolute atomic E-state index is 0.00588. The van der Waals surface area contributed by atoms with Gasteiger partial charge in [-0.3, -0.25) is 4.79 Å². The van der Waals surface area contributed by atoms with Crippen molar-refractivity contribution in [3.63, 3.8) is 0 Å². The van der Waals surface area contributed by atoms with Crippen LogP contribution in [0.5, 0.6) is 0 Å². The highest BCUT2D eigenvalue weighted by Crippen LogP contribution is 2.25. The van der Waals surface area contributed by atoms with E-state index in [0.717, 1.165) is 36.0 Å². The summed E-state index contributed by atoms with van der Waals surface area (Å²) in [6.07, 6.45) is 6.29. The number of anilines is 1. The van der Waals surface area contributed by atoms with Gasteiger partial charge in [-0.1, -0.05) is 37.1 Å². The molecule has 2 N–H and O–H groups in total. The van der Waals surface area contributed by atoms with Crippen LogP contribution >= 0.6 is 0 Å². The van der Waals surface area contributed by atoms with Crippen LogP contribution in [-0.2, 0) is 0 Å². The molecule has 1 aliphatic rings. The summed E-state index contributed by atoms with van der Waals surface area (Å²) in [5.41, 5.74) is 0.666. The van der Waals surface area contributed by atoms with Crippen molar-refractivity contribution >= 4 is 22.5 Å². The van der Waals surface area contributed by atoms with Crippen LogP contribution in [0.15, 0.2) is 30.5 Å². The Hall–Kier alpha value is -2.10. The largest absolute Gasteiger partial charge is 0.370 e. The molecule has 1 amide bonds. The minimum atomic E-state index is -0.00588. The summed E-state index contributed by atoms with van der Waals surface area (Å²) < 4.78 is 0. The molecule has 0 spiro atoms. The van der Waals surface area contributed by atoms with Crippen molar-refractivity contribution in [2.24, 2.45) is 0 Å². The maximum atomic E-state index is 12.5. The zero-order chi connectivity index (χ0) is 14.7. The molecule has 1 aromatic carbocycles. The van der Waals surface area contributed by atoms with E-state index in [9.17, 15) is 4.79 Å². The molecule has 1 heterocycles. The monoisotopic (exact) mass is 283 g/mol. The first-order valence-corrected chi connectivity index (χ1v) is 7.72. The van der Waals surface area contributed by atoms with Gasteiger partial charge < -0.3 is 10.6 Å². The van der Waals surface area contributed by atoms with Gasteiger partial charge in [-0.05, 0) is 25.2 Å². The fourth-order valence-corrected chi connectivity index (χ4v) is 3.02. The van der Waals surface area contributed by atoms with Gasteiger partial charge in [0.15, 0.2) is 0 Å². The Labute approximate surface area is 125 Å². The predicted octanol–water partition coefficient (Wildman–Crippen LogP) is 3.34. The summed E-state index contributed by atoms with van der Waals surface area (Å²) in [5.74, 6) is 0.833. The number of nitrogens with zero attached hydrogens (tertiary/aromatic N) is 1. The van der Waals surface area contributed by atoms with Crippen molar-refractivity contribution in [3.8, 4) is 0 Å². The highest BCUT2D eigenvalue weighted by atomic mass is 16.1. The lowest BCUT2D eigenvalue weighted by Crippen LogP contribution is -2.32. The summed E-state index contributed by atoms with van der Waals surface area (Å²) in [6.45, 7) is 2.85. The molecule has 0 radical (unpaired) electrons. The fraction of sp³-hybridized carbons (Fsp3) is 0.412. The van der Waals surface area contributed by atoms with Crippen LogP contribution in [-0.4, -0.2) is 23.5 Å². The molecule has 1 aromatic heterocycles. The summed E-state index contributed by atoms with van der Waals surface area (Å²) >= 11 is 0. The third-order valence-corrected chi connectivity index (χ3v) is 4.07. The second-order valence-electron chi connectivity index (χ2n) is 5.55. The third kappa shape index (κ3) is 2.84. The first-order valence-electron chi connectivity index (χ1n) is 7.72. The molecule has 1 saturated carbocycles. The number of nitrogens with one attached hydrogen (secondary N) is 2. The number of rotatable bonds is 4. The number of hydrogen-bond acceptors (Lipinski definition) is 3. The number of carbonyl (C=O) groups excluding carboxylic acids is 1. The van der Waals surface area contributed by atoms with E-state index in [2.05, 4.69) is 15.6 Å². The number of aromatic nitrogens is 1. The van der Waals surface area contributed by atoms with Crippen molar-refractivity contribution in [2.75, 3.05) is 11.9 Å². The first kappa shape index (κ1) is 13.9. The normalized spacial score (nSPS) is 15.3. The van der Waals surface area contributed by atoms with Crippen molar-refractivity contribution < 1.29 is 4.79 Å². The second-order valence-corrected chi connectivity index (χ2v) is 5.55. The van der Waals surface area contributed by atoms with Gasteiger partial charge in [-0.15, -0.1) is 0 Å². The topological polar surface area (TPSA) is 54.0 Å². The van der Waals surface area contributed by atoms with Crippen LogP contribution in [0.1, 0.15) is 43.0 Å². The van der Waals surface area contributed by atoms with Crippen LogP contribution < -0.4 is 10.6 Å². The Morgan fingerprint density at radius 2 is 1.95 bits per heavy atom. The molecule has 3 rings (SSSR count). The lowest BCUT2D eigenvalue weighted by molar-refractivity contribution is 0.0939. The number of benzene rings is 1. The van der Waals surface area contributed by atoms with Crippen molar-refractivity contribution in [1.82, 2.24) is 10.3 Å². The summed E-state index contributed by atoms with van der Waals surface area (Å²) in [6, 6.07) is 8.26. The number of amides is 1. The molecule has 0 saturated heterocycles. The number of carbonyl (C=O) groups is 1. The lowest BCUT2D eigenvalue weighted by atomic mass is 10.1. The highest BCUT2D eigenvalue weighted by Gasteiger charge is 2.20. The zero-order valence-corrected chi connectivity index (χ0v) is 12.4. The highest BCUT2D eigenvalue weighted by molar-refractivity contribution is 6.09. The number of fused-ring (bicyclic) bond motifs is 1. The van der Waals surface area contributed by atoms with E-state index in [0.29, 0.717) is 11.6 Å². The quantitative estimate of drug-likeness (QED) is 0.905. The molecule has 1 aliphatic carbocycles. The number of hydrogen-bond donors (Lipinski definition) is 2. The smallest absolute Gasteiger partial charge is 0.253 e. The van der Waals surface area contributed by atoms with Gasteiger partial charge >= 0.3 is 0 Å². The summed E-state index contributed by atoms with van der Waals surface area (Å²) in [5, 5.41) is 8.34. The average molecular weight is 283 g/mol. The standard InChI is InChI=1S/C17H21N3O/c1-2-18-16-14-10-6-5-9-13(14)15(11-19-16)17(21)20-12-7-3-4-8-12/h5-6,9-12H,2-4,7-8H2,1H3,(H,18,19)(H,20,21). The van der Waals surface area contributed by atoms with Gasteiger partial charge in [0.25, 0.3) is 5.91 Å². The molecule has 4 nitrogen and oxygen atoms in total. The molecule has 110 valence electrons. The van der Waals surface area contributed by atoms with E-state index in [4.69, 9.17) is 0 Å². The Kier molecular flexibility index (Phi) is 4.04. The van der Waals surface area contributed by atoms with E-state index in [1.165, 1.54) is 12.8 Å². The Morgan fingerprint density at radius 1 is 1.24 bits per heavy atom.